The Labute approximate surface area is 147 Å². The molecule has 0 saturated heterocycles. The number of para-hydroxylation sites is 1. The van der Waals surface area contributed by atoms with Gasteiger partial charge in [0, 0.05) is 17.2 Å². The largest absolute Gasteiger partial charge is 0.507 e. The summed E-state index contributed by atoms with van der Waals surface area (Å²) in [5.41, 5.74) is 4.46. The number of hydrogen-bond acceptors (Lipinski definition) is 7. The number of nitrogens with zero attached hydrogens (tertiary/aromatic N) is 2. The average molecular weight is 358 g/mol. The molecule has 2 aromatic rings. The molecule has 0 fully saturated rings. The minimum absolute atomic E-state index is 0.0214. The maximum Gasteiger partial charge on any atom is 0.279 e. The highest BCUT2D eigenvalue weighted by Crippen LogP contribution is 2.25. The monoisotopic (exact) mass is 358 g/mol. The van der Waals surface area contributed by atoms with Gasteiger partial charge in [-0.2, -0.15) is 0 Å². The van der Waals surface area contributed by atoms with Crippen LogP contribution in [0.2, 0.25) is 0 Å². The summed E-state index contributed by atoms with van der Waals surface area (Å²) in [6.45, 7) is 3.67. The molecule has 0 unspecified atom stereocenters. The molecule has 3 N–H and O–H groups in total. The Morgan fingerprint density at radius 1 is 1.08 bits per heavy atom. The lowest BCUT2D eigenvalue weighted by Gasteiger charge is -2.12. The highest BCUT2D eigenvalue weighted by molar-refractivity contribution is 5.81. The zero-order valence-corrected chi connectivity index (χ0v) is 13.3. The number of carbonyl (C=O) groups is 1. The summed E-state index contributed by atoms with van der Waals surface area (Å²) >= 11 is 0. The maximum absolute atomic E-state index is 12.0. The van der Waals surface area contributed by atoms with Crippen molar-refractivity contribution in [3.8, 4) is 5.75 Å². The fraction of sp³-hybridized carbons (Fsp3) is 0.0625. The topological polar surface area (TPSA) is 148 Å². The number of aromatic hydroxyl groups is 1. The van der Waals surface area contributed by atoms with Crippen molar-refractivity contribution in [2.24, 2.45) is 0 Å². The predicted octanol–water partition coefficient (Wildman–Crippen LogP) is 2.04. The third-order valence-corrected chi connectivity index (χ3v) is 3.41. The molecule has 0 atom stereocenters. The number of nitro benzene ring substituents is 2. The average Bonchev–Trinajstić information content (AvgIpc) is 2.60. The minimum atomic E-state index is -0.788. The molecule has 0 aliphatic heterocycles. The van der Waals surface area contributed by atoms with E-state index >= 15 is 0 Å². The summed E-state index contributed by atoms with van der Waals surface area (Å²) in [7, 11) is 0. The lowest BCUT2D eigenvalue weighted by Crippen LogP contribution is -2.37. The molecule has 2 aromatic carbocycles. The molecule has 0 saturated carbocycles. The standard InChI is InChI=1S/C16H14N4O6/c1-10(13-4-2-3-5-15(13)21)17-18-16(22)8-11-6-7-12(19(23)24)9-14(11)20(25)26/h2-7,9,17,21H,1,8H2,(H,18,22). The van der Waals surface area contributed by atoms with Crippen molar-refractivity contribution in [1.29, 1.82) is 0 Å². The van der Waals surface area contributed by atoms with E-state index in [1.54, 1.807) is 18.2 Å². The first-order valence-electron chi connectivity index (χ1n) is 7.23. The van der Waals surface area contributed by atoms with Crippen LogP contribution in [0.5, 0.6) is 5.75 Å². The zero-order valence-electron chi connectivity index (χ0n) is 13.3. The van der Waals surface area contributed by atoms with Crippen molar-refractivity contribution in [3.05, 3.63) is 80.4 Å². The van der Waals surface area contributed by atoms with Gasteiger partial charge in [0.1, 0.15) is 5.75 Å². The molecule has 1 amide bonds. The lowest BCUT2D eigenvalue weighted by molar-refractivity contribution is -0.394. The maximum atomic E-state index is 12.0. The Bertz CT molecular complexity index is 896. The van der Waals surface area contributed by atoms with E-state index < -0.39 is 27.1 Å². The lowest BCUT2D eigenvalue weighted by atomic mass is 10.1. The molecular weight excluding hydrogens is 344 g/mol. The Hall–Kier alpha value is -3.95. The van der Waals surface area contributed by atoms with Gasteiger partial charge in [0.25, 0.3) is 11.4 Å². The number of non-ortho nitro benzene ring substituents is 1. The SMILES string of the molecule is C=C(NNC(=O)Cc1ccc([N+](=O)[O-])cc1[N+](=O)[O-])c1ccccc1O. The number of amides is 1. The first kappa shape index (κ1) is 18.4. The molecule has 134 valence electrons. The number of carbonyl (C=O) groups excluding carboxylic acids is 1. The second kappa shape index (κ2) is 7.75. The summed E-state index contributed by atoms with van der Waals surface area (Å²) in [6.07, 6.45) is -0.380. The number of nitro groups is 2. The van der Waals surface area contributed by atoms with Gasteiger partial charge in [-0.3, -0.25) is 35.9 Å². The highest BCUT2D eigenvalue weighted by atomic mass is 16.6. The van der Waals surface area contributed by atoms with Crippen molar-refractivity contribution < 1.29 is 19.7 Å². The van der Waals surface area contributed by atoms with Crippen LogP contribution in [0.3, 0.4) is 0 Å². The summed E-state index contributed by atoms with van der Waals surface area (Å²) in [4.78, 5) is 32.2. The molecule has 0 spiro atoms. The molecule has 0 aliphatic rings. The number of benzene rings is 2. The second-order valence-electron chi connectivity index (χ2n) is 5.17. The highest BCUT2D eigenvalue weighted by Gasteiger charge is 2.21. The van der Waals surface area contributed by atoms with E-state index in [-0.39, 0.29) is 23.4 Å². The van der Waals surface area contributed by atoms with Gasteiger partial charge in [-0.1, -0.05) is 18.7 Å². The van der Waals surface area contributed by atoms with E-state index in [4.69, 9.17) is 0 Å². The fourth-order valence-corrected chi connectivity index (χ4v) is 2.14. The van der Waals surface area contributed by atoms with E-state index in [0.29, 0.717) is 5.56 Å². The number of nitrogens with one attached hydrogen (secondary N) is 2. The van der Waals surface area contributed by atoms with Crippen LogP contribution in [0.25, 0.3) is 5.70 Å². The second-order valence-corrected chi connectivity index (χ2v) is 5.17. The molecule has 0 aromatic heterocycles. The predicted molar refractivity (Wildman–Crippen MR) is 91.9 cm³/mol. The van der Waals surface area contributed by atoms with Crippen molar-refractivity contribution in [2.45, 2.75) is 6.42 Å². The van der Waals surface area contributed by atoms with Crippen LogP contribution >= 0.6 is 0 Å². The third kappa shape index (κ3) is 4.32. The van der Waals surface area contributed by atoms with Crippen molar-refractivity contribution >= 4 is 23.0 Å². The summed E-state index contributed by atoms with van der Waals surface area (Å²) in [6, 6.07) is 9.37. The number of phenolic OH excluding ortho intramolecular Hbond substituents is 1. The Morgan fingerprint density at radius 3 is 2.38 bits per heavy atom. The molecular formula is C16H14N4O6. The smallest absolute Gasteiger partial charge is 0.279 e. The molecule has 0 heterocycles. The molecule has 0 bridgehead atoms. The van der Waals surface area contributed by atoms with Gasteiger partial charge in [-0.15, -0.1) is 0 Å². The van der Waals surface area contributed by atoms with E-state index in [1.165, 1.54) is 6.07 Å². The van der Waals surface area contributed by atoms with Gasteiger partial charge in [-0.25, -0.2) is 0 Å². The number of phenols is 1. The summed E-state index contributed by atoms with van der Waals surface area (Å²) in [5.74, 6) is -0.663. The van der Waals surface area contributed by atoms with E-state index in [9.17, 15) is 30.1 Å². The van der Waals surface area contributed by atoms with Crippen molar-refractivity contribution in [2.75, 3.05) is 0 Å². The molecule has 2 rings (SSSR count). The zero-order chi connectivity index (χ0) is 19.3. The van der Waals surface area contributed by atoms with Crippen LogP contribution in [-0.4, -0.2) is 20.9 Å². The van der Waals surface area contributed by atoms with E-state index in [1.807, 2.05) is 0 Å². The number of rotatable bonds is 7. The Balaban J connectivity index is 2.06. The van der Waals surface area contributed by atoms with E-state index in [2.05, 4.69) is 17.4 Å². The quantitative estimate of drug-likeness (QED) is 0.506. The number of hydrazine groups is 1. The molecule has 26 heavy (non-hydrogen) atoms. The molecule has 0 aliphatic carbocycles. The molecule has 10 heteroatoms. The number of hydrogen-bond donors (Lipinski definition) is 3. The van der Waals surface area contributed by atoms with Gasteiger partial charge in [0.05, 0.1) is 28.0 Å². The molecule has 0 radical (unpaired) electrons. The van der Waals surface area contributed by atoms with Crippen LogP contribution in [0.15, 0.2) is 49.0 Å². The summed E-state index contributed by atoms with van der Waals surface area (Å²) < 4.78 is 0. The van der Waals surface area contributed by atoms with Gasteiger partial charge in [0.15, 0.2) is 0 Å². The first-order valence-corrected chi connectivity index (χ1v) is 7.23. The van der Waals surface area contributed by atoms with E-state index in [0.717, 1.165) is 18.2 Å². The fourth-order valence-electron chi connectivity index (χ4n) is 2.14. The van der Waals surface area contributed by atoms with Crippen LogP contribution in [-0.2, 0) is 11.2 Å². The first-order chi connectivity index (χ1) is 12.3. The van der Waals surface area contributed by atoms with Gasteiger partial charge < -0.3 is 5.11 Å². The normalized spacial score (nSPS) is 10.0. The van der Waals surface area contributed by atoms with Crippen LogP contribution in [0.1, 0.15) is 11.1 Å². The Morgan fingerprint density at radius 2 is 1.77 bits per heavy atom. The third-order valence-electron chi connectivity index (χ3n) is 3.41. The van der Waals surface area contributed by atoms with Gasteiger partial charge in [-0.05, 0) is 18.2 Å². The van der Waals surface area contributed by atoms with Crippen LogP contribution in [0.4, 0.5) is 11.4 Å². The van der Waals surface area contributed by atoms with Crippen LogP contribution < -0.4 is 10.9 Å². The van der Waals surface area contributed by atoms with Gasteiger partial charge >= 0.3 is 0 Å². The minimum Gasteiger partial charge on any atom is -0.507 e. The molecule has 10 nitrogen and oxygen atoms in total. The summed E-state index contributed by atoms with van der Waals surface area (Å²) in [5, 5.41) is 31.5. The van der Waals surface area contributed by atoms with Crippen molar-refractivity contribution in [3.63, 3.8) is 0 Å². The Kier molecular flexibility index (Phi) is 5.48. The van der Waals surface area contributed by atoms with Gasteiger partial charge in [0.2, 0.25) is 5.91 Å². The van der Waals surface area contributed by atoms with Crippen LogP contribution in [0, 0.1) is 20.2 Å². The van der Waals surface area contributed by atoms with Crippen molar-refractivity contribution in [1.82, 2.24) is 10.9 Å².